The standard InChI is InChI=1S/C23H31N3O7/c1-4-14(3)20(23(30)24-6-8-31-9-7-27)25-22(29)16-12-26(5-2)17-11-19-18(32-13-33-19)10-15(17)21(16)28/h10-12,14,20,27H,4-9,13H2,1-3H3,(H,24,30)(H,25,29)/t14-,20-/m0/s1. The minimum atomic E-state index is -0.817. The van der Waals surface area contributed by atoms with Crippen LogP contribution in [-0.2, 0) is 16.1 Å². The number of rotatable bonds is 11. The molecule has 0 spiro atoms. The molecule has 10 nitrogen and oxygen atoms in total. The van der Waals surface area contributed by atoms with Crippen LogP contribution in [0.5, 0.6) is 11.5 Å². The average Bonchev–Trinajstić information content (AvgIpc) is 3.28. The van der Waals surface area contributed by atoms with Crippen molar-refractivity contribution < 1.29 is 28.9 Å². The first-order valence-corrected chi connectivity index (χ1v) is 11.1. The Morgan fingerprint density at radius 1 is 1.21 bits per heavy atom. The summed E-state index contributed by atoms with van der Waals surface area (Å²) in [6.07, 6.45) is 2.16. The number of fused-ring (bicyclic) bond motifs is 2. The lowest BCUT2D eigenvalue weighted by atomic mass is 9.97. The molecule has 33 heavy (non-hydrogen) atoms. The highest BCUT2D eigenvalue weighted by Gasteiger charge is 2.28. The maximum atomic E-state index is 13.2. The first-order valence-electron chi connectivity index (χ1n) is 11.1. The van der Waals surface area contributed by atoms with E-state index in [0.29, 0.717) is 35.4 Å². The topological polar surface area (TPSA) is 128 Å². The van der Waals surface area contributed by atoms with Crippen LogP contribution in [0.15, 0.2) is 23.1 Å². The van der Waals surface area contributed by atoms with Gasteiger partial charge in [0.25, 0.3) is 5.91 Å². The number of pyridine rings is 1. The molecule has 3 rings (SSSR count). The van der Waals surface area contributed by atoms with E-state index < -0.39 is 17.4 Å². The molecule has 2 amide bonds. The fourth-order valence-electron chi connectivity index (χ4n) is 3.65. The molecule has 3 N–H and O–H groups in total. The third kappa shape index (κ3) is 5.45. The Bertz CT molecular complexity index is 1070. The van der Waals surface area contributed by atoms with Crippen LogP contribution in [0, 0.1) is 5.92 Å². The number of carbonyl (C=O) groups is 2. The molecule has 0 bridgehead atoms. The van der Waals surface area contributed by atoms with Gasteiger partial charge in [-0.15, -0.1) is 0 Å². The maximum absolute atomic E-state index is 13.2. The second-order valence-corrected chi connectivity index (χ2v) is 7.84. The van der Waals surface area contributed by atoms with Gasteiger partial charge < -0.3 is 34.5 Å². The summed E-state index contributed by atoms with van der Waals surface area (Å²) >= 11 is 0. The molecule has 1 aliphatic heterocycles. The molecule has 0 unspecified atom stereocenters. The summed E-state index contributed by atoms with van der Waals surface area (Å²) in [6, 6.07) is 2.51. The SMILES string of the molecule is CC[C@H](C)[C@H](NC(=O)c1cn(CC)c2cc3c(cc2c1=O)OCO3)C(=O)NCCOCCO. The summed E-state index contributed by atoms with van der Waals surface area (Å²) in [7, 11) is 0. The van der Waals surface area contributed by atoms with Gasteiger partial charge in [-0.2, -0.15) is 0 Å². The van der Waals surface area contributed by atoms with E-state index >= 15 is 0 Å². The second-order valence-electron chi connectivity index (χ2n) is 7.84. The molecule has 2 atom stereocenters. The Labute approximate surface area is 191 Å². The normalized spacial score (nSPS) is 14.2. The number of carbonyl (C=O) groups excluding carboxylic acids is 2. The number of nitrogens with one attached hydrogen (secondary N) is 2. The van der Waals surface area contributed by atoms with Gasteiger partial charge in [0.2, 0.25) is 18.1 Å². The van der Waals surface area contributed by atoms with E-state index in [1.807, 2.05) is 20.8 Å². The number of aliphatic hydroxyl groups is 1. The first-order chi connectivity index (χ1) is 15.9. The number of amides is 2. The summed E-state index contributed by atoms with van der Waals surface area (Å²) in [4.78, 5) is 39.1. The fourth-order valence-corrected chi connectivity index (χ4v) is 3.65. The molecule has 2 aromatic rings. The van der Waals surface area contributed by atoms with E-state index in [0.717, 1.165) is 0 Å². The Hall–Kier alpha value is -3.11. The summed E-state index contributed by atoms with van der Waals surface area (Å²) in [6.45, 7) is 6.88. The predicted molar refractivity (Wildman–Crippen MR) is 122 cm³/mol. The van der Waals surface area contributed by atoms with Crippen LogP contribution in [0.2, 0.25) is 0 Å². The molecule has 0 radical (unpaired) electrons. The highest BCUT2D eigenvalue weighted by Crippen LogP contribution is 2.35. The van der Waals surface area contributed by atoms with Crippen molar-refractivity contribution in [2.45, 2.75) is 39.8 Å². The summed E-state index contributed by atoms with van der Waals surface area (Å²) in [5.74, 6) is -0.114. The van der Waals surface area contributed by atoms with Crippen LogP contribution in [0.25, 0.3) is 10.9 Å². The van der Waals surface area contributed by atoms with Crippen LogP contribution >= 0.6 is 0 Å². The van der Waals surface area contributed by atoms with Crippen molar-refractivity contribution in [1.29, 1.82) is 0 Å². The smallest absolute Gasteiger partial charge is 0.257 e. The van der Waals surface area contributed by atoms with Crippen LogP contribution < -0.4 is 25.5 Å². The Kier molecular flexibility index (Phi) is 8.29. The minimum Gasteiger partial charge on any atom is -0.454 e. The molecule has 0 fully saturated rings. The van der Waals surface area contributed by atoms with E-state index in [-0.39, 0.29) is 50.5 Å². The number of aromatic nitrogens is 1. The predicted octanol–water partition coefficient (Wildman–Crippen LogP) is 1.02. The quantitative estimate of drug-likeness (QED) is 0.426. The summed E-state index contributed by atoms with van der Waals surface area (Å²) in [5.41, 5.74) is 0.157. The zero-order valence-electron chi connectivity index (χ0n) is 19.2. The third-order valence-corrected chi connectivity index (χ3v) is 5.72. The van der Waals surface area contributed by atoms with Gasteiger partial charge in [-0.1, -0.05) is 20.3 Å². The molecule has 0 saturated carbocycles. The van der Waals surface area contributed by atoms with Crippen LogP contribution in [-0.4, -0.2) is 60.7 Å². The molecule has 1 aliphatic rings. The Balaban J connectivity index is 1.85. The highest BCUT2D eigenvalue weighted by atomic mass is 16.7. The van der Waals surface area contributed by atoms with Gasteiger partial charge in [0.1, 0.15) is 11.6 Å². The maximum Gasteiger partial charge on any atom is 0.257 e. The third-order valence-electron chi connectivity index (χ3n) is 5.72. The summed E-state index contributed by atoms with van der Waals surface area (Å²) < 4.78 is 17.7. The van der Waals surface area contributed by atoms with Gasteiger partial charge in [0.05, 0.1) is 30.7 Å². The molecule has 0 saturated heterocycles. The number of aryl methyl sites for hydroxylation is 1. The van der Waals surface area contributed by atoms with Gasteiger partial charge in [0.15, 0.2) is 11.5 Å². The first kappa shape index (κ1) is 24.5. The van der Waals surface area contributed by atoms with Gasteiger partial charge in [-0.25, -0.2) is 0 Å². The molecule has 10 heteroatoms. The molecule has 1 aromatic carbocycles. The van der Waals surface area contributed by atoms with Crippen molar-refractivity contribution >= 4 is 22.7 Å². The van der Waals surface area contributed by atoms with Gasteiger partial charge in [-0.05, 0) is 18.9 Å². The fraction of sp³-hybridized carbons (Fsp3) is 0.522. The zero-order valence-corrected chi connectivity index (χ0v) is 19.2. The van der Waals surface area contributed by atoms with Crippen molar-refractivity contribution in [3.05, 3.63) is 34.1 Å². The lowest BCUT2D eigenvalue weighted by molar-refractivity contribution is -0.124. The van der Waals surface area contributed by atoms with Crippen LogP contribution in [0.3, 0.4) is 0 Å². The minimum absolute atomic E-state index is 0.0457. The van der Waals surface area contributed by atoms with Crippen LogP contribution in [0.4, 0.5) is 0 Å². The number of ether oxygens (including phenoxy) is 3. The average molecular weight is 462 g/mol. The molecule has 2 heterocycles. The zero-order chi connectivity index (χ0) is 24.0. The lowest BCUT2D eigenvalue weighted by Crippen LogP contribution is -2.51. The second kappa shape index (κ2) is 11.2. The molecular weight excluding hydrogens is 430 g/mol. The number of hydrogen-bond donors (Lipinski definition) is 3. The van der Waals surface area contributed by atoms with Crippen molar-refractivity contribution in [1.82, 2.24) is 15.2 Å². The largest absolute Gasteiger partial charge is 0.454 e. The Morgan fingerprint density at radius 2 is 1.94 bits per heavy atom. The molecule has 1 aromatic heterocycles. The van der Waals surface area contributed by atoms with E-state index in [1.54, 1.807) is 16.7 Å². The lowest BCUT2D eigenvalue weighted by Gasteiger charge is -2.24. The van der Waals surface area contributed by atoms with Gasteiger partial charge >= 0.3 is 0 Å². The van der Waals surface area contributed by atoms with Crippen molar-refractivity contribution in [2.24, 2.45) is 5.92 Å². The number of nitrogens with zero attached hydrogens (tertiary/aromatic N) is 1. The molecular formula is C23H31N3O7. The van der Waals surface area contributed by atoms with E-state index in [9.17, 15) is 14.4 Å². The number of benzene rings is 1. The summed E-state index contributed by atoms with van der Waals surface area (Å²) in [5, 5.41) is 14.6. The van der Waals surface area contributed by atoms with E-state index in [4.69, 9.17) is 19.3 Å². The van der Waals surface area contributed by atoms with E-state index in [2.05, 4.69) is 10.6 Å². The van der Waals surface area contributed by atoms with Crippen molar-refractivity contribution in [2.75, 3.05) is 33.2 Å². The van der Waals surface area contributed by atoms with Crippen LogP contribution in [0.1, 0.15) is 37.6 Å². The number of hydrogen-bond acceptors (Lipinski definition) is 7. The van der Waals surface area contributed by atoms with Crippen molar-refractivity contribution in [3.63, 3.8) is 0 Å². The molecule has 180 valence electrons. The van der Waals surface area contributed by atoms with Gasteiger partial charge in [0, 0.05) is 25.4 Å². The Morgan fingerprint density at radius 3 is 2.61 bits per heavy atom. The van der Waals surface area contributed by atoms with Gasteiger partial charge in [-0.3, -0.25) is 14.4 Å². The number of aliphatic hydroxyl groups excluding tert-OH is 1. The van der Waals surface area contributed by atoms with Crippen molar-refractivity contribution in [3.8, 4) is 11.5 Å². The monoisotopic (exact) mass is 461 g/mol. The molecule has 0 aliphatic carbocycles. The highest BCUT2D eigenvalue weighted by molar-refractivity contribution is 6.00. The van der Waals surface area contributed by atoms with E-state index in [1.165, 1.54) is 6.20 Å².